The van der Waals surface area contributed by atoms with Crippen LogP contribution in [0.2, 0.25) is 5.02 Å². The molecule has 0 saturated carbocycles. The zero-order valence-corrected chi connectivity index (χ0v) is 13.6. The monoisotopic (exact) mass is 319 g/mol. The van der Waals surface area contributed by atoms with E-state index in [2.05, 4.69) is 19.1 Å². The summed E-state index contributed by atoms with van der Waals surface area (Å²) >= 11 is 7.96. The van der Waals surface area contributed by atoms with Gasteiger partial charge in [-0.3, -0.25) is 4.79 Å². The number of aryl methyl sites for hydroxylation is 1. The van der Waals surface area contributed by atoms with Crippen molar-refractivity contribution in [1.82, 2.24) is 4.90 Å². The van der Waals surface area contributed by atoms with Gasteiger partial charge in [-0.05, 0) is 43.5 Å². The first-order chi connectivity index (χ1) is 10.1. The van der Waals surface area contributed by atoms with Crippen molar-refractivity contribution in [2.75, 3.05) is 6.54 Å². The topological polar surface area (TPSA) is 20.3 Å². The van der Waals surface area contributed by atoms with E-state index in [0.29, 0.717) is 11.4 Å². The van der Waals surface area contributed by atoms with E-state index in [4.69, 9.17) is 11.6 Å². The fourth-order valence-electron chi connectivity index (χ4n) is 2.90. The van der Waals surface area contributed by atoms with Gasteiger partial charge in [-0.1, -0.05) is 29.8 Å². The normalized spacial score (nSPS) is 18.2. The quantitative estimate of drug-likeness (QED) is 0.808. The molecule has 3 rings (SSSR count). The van der Waals surface area contributed by atoms with Crippen molar-refractivity contribution in [2.24, 2.45) is 0 Å². The third-order valence-electron chi connectivity index (χ3n) is 3.96. The second-order valence-corrected chi connectivity index (χ2v) is 7.19. The minimum absolute atomic E-state index is 0.177. The molecule has 4 heteroatoms. The first-order valence-corrected chi connectivity index (χ1v) is 8.44. The van der Waals surface area contributed by atoms with Crippen LogP contribution in [0.25, 0.3) is 0 Å². The van der Waals surface area contributed by atoms with Crippen LogP contribution in [-0.4, -0.2) is 17.4 Å². The maximum Gasteiger partial charge on any atom is 0.227 e. The lowest BCUT2D eigenvalue weighted by molar-refractivity contribution is -0.131. The number of hydrogen-bond donors (Lipinski definition) is 0. The van der Waals surface area contributed by atoms with E-state index in [1.807, 2.05) is 29.2 Å². The maximum atomic E-state index is 12.6. The van der Waals surface area contributed by atoms with E-state index in [9.17, 15) is 4.79 Å². The molecule has 2 aromatic rings. The Balaban J connectivity index is 1.76. The lowest BCUT2D eigenvalue weighted by atomic mass is 10.1. The van der Waals surface area contributed by atoms with Crippen LogP contribution in [0.4, 0.5) is 0 Å². The lowest BCUT2D eigenvalue weighted by Gasteiger charge is -2.24. The van der Waals surface area contributed by atoms with Gasteiger partial charge in [-0.2, -0.15) is 0 Å². The molecule has 1 aromatic carbocycles. The number of hydrogen-bond acceptors (Lipinski definition) is 2. The number of amides is 1. The van der Waals surface area contributed by atoms with E-state index in [0.717, 1.165) is 24.9 Å². The third-order valence-corrected chi connectivity index (χ3v) is 5.43. The largest absolute Gasteiger partial charge is 0.335 e. The molecule has 1 aliphatic heterocycles. The van der Waals surface area contributed by atoms with Crippen molar-refractivity contribution in [3.05, 3.63) is 56.7 Å². The van der Waals surface area contributed by atoms with Crippen molar-refractivity contribution < 1.29 is 4.79 Å². The van der Waals surface area contributed by atoms with Gasteiger partial charge >= 0.3 is 0 Å². The number of carbonyl (C=O) groups is 1. The van der Waals surface area contributed by atoms with Crippen LogP contribution < -0.4 is 0 Å². The van der Waals surface area contributed by atoms with Crippen molar-refractivity contribution in [2.45, 2.75) is 32.2 Å². The highest BCUT2D eigenvalue weighted by Crippen LogP contribution is 2.36. The molecule has 1 atom stereocenters. The number of likely N-dealkylation sites (tertiary alicyclic amines) is 1. The van der Waals surface area contributed by atoms with Crippen LogP contribution in [-0.2, 0) is 11.2 Å². The van der Waals surface area contributed by atoms with Gasteiger partial charge in [-0.15, -0.1) is 11.3 Å². The molecule has 2 heterocycles. The molecule has 1 unspecified atom stereocenters. The van der Waals surface area contributed by atoms with Crippen LogP contribution in [0.3, 0.4) is 0 Å². The molecule has 0 spiro atoms. The molecule has 1 aliphatic rings. The van der Waals surface area contributed by atoms with Gasteiger partial charge < -0.3 is 4.90 Å². The standard InChI is InChI=1S/C17H18ClNOS/c1-12-8-9-16(21-12)15-7-4-10-19(15)17(20)11-13-5-2-3-6-14(13)18/h2-3,5-6,8-9,15H,4,7,10-11H2,1H3. The van der Waals surface area contributed by atoms with E-state index in [-0.39, 0.29) is 11.9 Å². The smallest absolute Gasteiger partial charge is 0.227 e. The Morgan fingerprint density at radius 2 is 2.14 bits per heavy atom. The molecule has 0 aliphatic carbocycles. The zero-order valence-electron chi connectivity index (χ0n) is 12.0. The number of thiophene rings is 1. The molecule has 1 fully saturated rings. The van der Waals surface area contributed by atoms with E-state index < -0.39 is 0 Å². The summed E-state index contributed by atoms with van der Waals surface area (Å²) < 4.78 is 0. The van der Waals surface area contributed by atoms with Crippen LogP contribution in [0, 0.1) is 6.92 Å². The average molecular weight is 320 g/mol. The minimum atomic E-state index is 0.177. The van der Waals surface area contributed by atoms with Crippen molar-refractivity contribution in [3.63, 3.8) is 0 Å². The van der Waals surface area contributed by atoms with Crippen molar-refractivity contribution >= 4 is 28.8 Å². The van der Waals surface area contributed by atoms with Crippen LogP contribution in [0.15, 0.2) is 36.4 Å². The second-order valence-electron chi connectivity index (χ2n) is 5.46. The van der Waals surface area contributed by atoms with E-state index >= 15 is 0 Å². The highest BCUT2D eigenvalue weighted by Gasteiger charge is 2.30. The fraction of sp³-hybridized carbons (Fsp3) is 0.353. The fourth-order valence-corrected chi connectivity index (χ4v) is 4.13. The van der Waals surface area contributed by atoms with Gasteiger partial charge in [0.1, 0.15) is 0 Å². The summed E-state index contributed by atoms with van der Waals surface area (Å²) in [4.78, 5) is 17.3. The van der Waals surface area contributed by atoms with Crippen molar-refractivity contribution in [1.29, 1.82) is 0 Å². The first-order valence-electron chi connectivity index (χ1n) is 7.24. The van der Waals surface area contributed by atoms with Crippen molar-refractivity contribution in [3.8, 4) is 0 Å². The Kier molecular flexibility index (Phi) is 4.32. The van der Waals surface area contributed by atoms with Gasteiger partial charge in [0.2, 0.25) is 5.91 Å². The number of halogens is 1. The number of nitrogens with zero attached hydrogens (tertiary/aromatic N) is 1. The van der Waals surface area contributed by atoms with Crippen LogP contribution in [0.5, 0.6) is 0 Å². The van der Waals surface area contributed by atoms with Gasteiger partial charge in [0.15, 0.2) is 0 Å². The van der Waals surface area contributed by atoms with Gasteiger partial charge in [0, 0.05) is 21.3 Å². The van der Waals surface area contributed by atoms with E-state index in [1.54, 1.807) is 11.3 Å². The Morgan fingerprint density at radius 1 is 1.33 bits per heavy atom. The molecular weight excluding hydrogens is 302 g/mol. The minimum Gasteiger partial charge on any atom is -0.335 e. The maximum absolute atomic E-state index is 12.6. The highest BCUT2D eigenvalue weighted by molar-refractivity contribution is 7.12. The number of benzene rings is 1. The average Bonchev–Trinajstić information content (AvgIpc) is 3.09. The second kappa shape index (κ2) is 6.20. The Labute approximate surface area is 134 Å². The van der Waals surface area contributed by atoms with E-state index in [1.165, 1.54) is 9.75 Å². The predicted octanol–water partition coefficient (Wildman–Crippen LogP) is 4.62. The highest BCUT2D eigenvalue weighted by atomic mass is 35.5. The molecule has 1 saturated heterocycles. The third kappa shape index (κ3) is 3.14. The van der Waals surface area contributed by atoms with Crippen LogP contribution >= 0.6 is 22.9 Å². The van der Waals surface area contributed by atoms with Gasteiger partial charge in [0.25, 0.3) is 0 Å². The van der Waals surface area contributed by atoms with Gasteiger partial charge in [-0.25, -0.2) is 0 Å². The van der Waals surface area contributed by atoms with Gasteiger partial charge in [0.05, 0.1) is 12.5 Å². The molecule has 21 heavy (non-hydrogen) atoms. The molecule has 0 bridgehead atoms. The van der Waals surface area contributed by atoms with Crippen LogP contribution in [0.1, 0.15) is 34.2 Å². The first kappa shape index (κ1) is 14.6. The molecule has 0 N–H and O–H groups in total. The summed E-state index contributed by atoms with van der Waals surface area (Å²) in [5, 5.41) is 0.675. The Bertz CT molecular complexity index is 652. The Hall–Kier alpha value is -1.32. The predicted molar refractivity (Wildman–Crippen MR) is 87.9 cm³/mol. The summed E-state index contributed by atoms with van der Waals surface area (Å²) in [6.45, 7) is 2.96. The molecular formula is C17H18ClNOS. The molecule has 1 aromatic heterocycles. The summed E-state index contributed by atoms with van der Waals surface area (Å²) in [5.41, 5.74) is 0.914. The molecule has 110 valence electrons. The summed E-state index contributed by atoms with van der Waals surface area (Å²) in [6.07, 6.45) is 2.53. The number of carbonyl (C=O) groups excluding carboxylic acids is 1. The SMILES string of the molecule is Cc1ccc(C2CCCN2C(=O)Cc2ccccc2Cl)s1. The summed E-state index contributed by atoms with van der Waals surface area (Å²) in [7, 11) is 0. The lowest BCUT2D eigenvalue weighted by Crippen LogP contribution is -2.31. The summed E-state index contributed by atoms with van der Waals surface area (Å²) in [6, 6.07) is 12.1. The molecule has 0 radical (unpaired) electrons. The summed E-state index contributed by atoms with van der Waals surface area (Å²) in [5.74, 6) is 0.177. The molecule has 1 amide bonds. The Morgan fingerprint density at radius 3 is 2.86 bits per heavy atom. The molecule has 2 nitrogen and oxygen atoms in total. The zero-order chi connectivity index (χ0) is 14.8. The number of rotatable bonds is 3.